The molecule has 1 fully saturated rings. The van der Waals surface area contributed by atoms with Gasteiger partial charge in [-0.05, 0) is 30.5 Å². The standard InChI is InChI=1S/C16H21F3N2O2/c17-16(18,19)13-7-5-11(6-8-13)9-20-15(23)21-14-4-2-1-3-12(14)10-22/h5-8,12,14,22H,1-4,9-10H2,(H2,20,21,23). The second-order valence-electron chi connectivity index (χ2n) is 5.86. The molecule has 1 aliphatic carbocycles. The van der Waals surface area contributed by atoms with Crippen molar-refractivity contribution in [3.8, 4) is 0 Å². The van der Waals surface area contributed by atoms with Crippen molar-refractivity contribution in [1.29, 1.82) is 0 Å². The SMILES string of the molecule is O=C(NCc1ccc(C(F)(F)F)cc1)NC1CCCCC1CO. The summed E-state index contributed by atoms with van der Waals surface area (Å²) < 4.78 is 37.4. The molecular formula is C16H21F3N2O2. The van der Waals surface area contributed by atoms with Crippen molar-refractivity contribution in [2.45, 2.75) is 44.4 Å². The summed E-state index contributed by atoms with van der Waals surface area (Å²) in [7, 11) is 0. The van der Waals surface area contributed by atoms with Gasteiger partial charge in [0, 0.05) is 25.1 Å². The molecule has 0 aromatic heterocycles. The van der Waals surface area contributed by atoms with E-state index in [1.54, 1.807) is 0 Å². The van der Waals surface area contributed by atoms with Crippen molar-refractivity contribution in [1.82, 2.24) is 10.6 Å². The van der Waals surface area contributed by atoms with E-state index in [2.05, 4.69) is 10.6 Å². The molecular weight excluding hydrogens is 309 g/mol. The van der Waals surface area contributed by atoms with E-state index in [-0.39, 0.29) is 31.1 Å². The predicted molar refractivity (Wildman–Crippen MR) is 79.6 cm³/mol. The van der Waals surface area contributed by atoms with Crippen LogP contribution in [0.4, 0.5) is 18.0 Å². The minimum absolute atomic E-state index is 0.0455. The summed E-state index contributed by atoms with van der Waals surface area (Å²) in [5.41, 5.74) is -0.116. The number of nitrogens with one attached hydrogen (secondary N) is 2. The van der Waals surface area contributed by atoms with Crippen LogP contribution in [0.15, 0.2) is 24.3 Å². The Labute approximate surface area is 133 Å². The monoisotopic (exact) mass is 330 g/mol. The fourth-order valence-corrected chi connectivity index (χ4v) is 2.83. The molecule has 2 unspecified atom stereocenters. The van der Waals surface area contributed by atoms with Gasteiger partial charge in [-0.25, -0.2) is 4.79 Å². The van der Waals surface area contributed by atoms with Gasteiger partial charge in [0.05, 0.1) is 5.56 Å². The smallest absolute Gasteiger partial charge is 0.396 e. The molecule has 0 saturated heterocycles. The summed E-state index contributed by atoms with van der Waals surface area (Å²) >= 11 is 0. The molecule has 4 nitrogen and oxygen atoms in total. The van der Waals surface area contributed by atoms with E-state index in [0.29, 0.717) is 5.56 Å². The zero-order valence-corrected chi connectivity index (χ0v) is 12.7. The Balaban J connectivity index is 1.82. The fourth-order valence-electron chi connectivity index (χ4n) is 2.83. The third-order valence-corrected chi connectivity index (χ3v) is 4.19. The lowest BCUT2D eigenvalue weighted by Crippen LogP contribution is -2.47. The van der Waals surface area contributed by atoms with Crippen LogP contribution in [0.3, 0.4) is 0 Å². The summed E-state index contributed by atoms with van der Waals surface area (Å²) in [5, 5.41) is 14.8. The van der Waals surface area contributed by atoms with Gasteiger partial charge >= 0.3 is 12.2 Å². The highest BCUT2D eigenvalue weighted by Crippen LogP contribution is 2.29. The number of aliphatic hydroxyl groups is 1. The van der Waals surface area contributed by atoms with Crippen molar-refractivity contribution in [3.63, 3.8) is 0 Å². The third kappa shape index (κ3) is 5.13. The zero-order chi connectivity index (χ0) is 16.9. The molecule has 3 N–H and O–H groups in total. The van der Waals surface area contributed by atoms with Gasteiger partial charge in [0.15, 0.2) is 0 Å². The Hall–Kier alpha value is -1.76. The van der Waals surface area contributed by atoms with Gasteiger partial charge < -0.3 is 15.7 Å². The van der Waals surface area contributed by atoms with E-state index in [1.165, 1.54) is 12.1 Å². The number of benzene rings is 1. The maximum Gasteiger partial charge on any atom is 0.416 e. The largest absolute Gasteiger partial charge is 0.416 e. The second kappa shape index (κ2) is 7.68. The lowest BCUT2D eigenvalue weighted by atomic mass is 9.85. The van der Waals surface area contributed by atoms with Crippen LogP contribution in [0.25, 0.3) is 0 Å². The van der Waals surface area contributed by atoms with Crippen LogP contribution in [-0.2, 0) is 12.7 Å². The van der Waals surface area contributed by atoms with Crippen LogP contribution in [0, 0.1) is 5.92 Å². The molecule has 0 radical (unpaired) electrons. The first-order valence-corrected chi connectivity index (χ1v) is 7.71. The molecule has 1 aromatic rings. The highest BCUT2D eigenvalue weighted by atomic mass is 19.4. The normalized spacial score (nSPS) is 21.7. The van der Waals surface area contributed by atoms with Crippen LogP contribution in [0.5, 0.6) is 0 Å². The van der Waals surface area contributed by atoms with E-state index in [9.17, 15) is 23.1 Å². The number of carbonyl (C=O) groups is 1. The molecule has 128 valence electrons. The summed E-state index contributed by atoms with van der Waals surface area (Å²) in [6, 6.07) is 4.27. The molecule has 1 aliphatic rings. The number of halogens is 3. The van der Waals surface area contributed by atoms with E-state index < -0.39 is 11.7 Å². The van der Waals surface area contributed by atoms with E-state index in [0.717, 1.165) is 37.8 Å². The Bertz CT molecular complexity index is 517. The van der Waals surface area contributed by atoms with E-state index >= 15 is 0 Å². The van der Waals surface area contributed by atoms with E-state index in [1.807, 2.05) is 0 Å². The Morgan fingerprint density at radius 3 is 2.43 bits per heavy atom. The van der Waals surface area contributed by atoms with Crippen LogP contribution < -0.4 is 10.6 Å². The fraction of sp³-hybridized carbons (Fsp3) is 0.562. The molecule has 7 heteroatoms. The van der Waals surface area contributed by atoms with Gasteiger partial charge in [-0.1, -0.05) is 25.0 Å². The number of aliphatic hydroxyl groups excluding tert-OH is 1. The summed E-state index contributed by atoms with van der Waals surface area (Å²) in [6.45, 7) is 0.199. The summed E-state index contributed by atoms with van der Waals surface area (Å²) in [6.07, 6.45) is -0.570. The number of alkyl halides is 3. The molecule has 23 heavy (non-hydrogen) atoms. The Kier molecular flexibility index (Phi) is 5.87. The van der Waals surface area contributed by atoms with Crippen molar-refractivity contribution in [2.24, 2.45) is 5.92 Å². The maximum absolute atomic E-state index is 12.5. The van der Waals surface area contributed by atoms with Crippen LogP contribution >= 0.6 is 0 Å². The molecule has 0 heterocycles. The van der Waals surface area contributed by atoms with Crippen molar-refractivity contribution < 1.29 is 23.1 Å². The van der Waals surface area contributed by atoms with Crippen LogP contribution in [0.2, 0.25) is 0 Å². The molecule has 0 bridgehead atoms. The first-order chi connectivity index (χ1) is 10.9. The van der Waals surface area contributed by atoms with Gasteiger partial charge in [-0.2, -0.15) is 13.2 Å². The molecule has 1 saturated carbocycles. The number of rotatable bonds is 4. The number of amides is 2. The van der Waals surface area contributed by atoms with Gasteiger partial charge in [0.1, 0.15) is 0 Å². The van der Waals surface area contributed by atoms with Crippen molar-refractivity contribution >= 4 is 6.03 Å². The predicted octanol–water partition coefficient (Wildman–Crippen LogP) is 3.06. The van der Waals surface area contributed by atoms with Gasteiger partial charge in [-0.3, -0.25) is 0 Å². The average molecular weight is 330 g/mol. The van der Waals surface area contributed by atoms with Crippen LogP contribution in [0.1, 0.15) is 36.8 Å². The number of hydrogen-bond donors (Lipinski definition) is 3. The first kappa shape index (κ1) is 17.6. The van der Waals surface area contributed by atoms with Gasteiger partial charge in [0.2, 0.25) is 0 Å². The summed E-state index contributed by atoms with van der Waals surface area (Å²) in [4.78, 5) is 11.9. The molecule has 1 aromatic carbocycles. The minimum atomic E-state index is -4.36. The minimum Gasteiger partial charge on any atom is -0.396 e. The Morgan fingerprint density at radius 2 is 1.83 bits per heavy atom. The topological polar surface area (TPSA) is 61.4 Å². The number of urea groups is 1. The molecule has 0 aliphatic heterocycles. The molecule has 2 atom stereocenters. The highest BCUT2D eigenvalue weighted by molar-refractivity contribution is 5.74. The number of carbonyl (C=O) groups excluding carboxylic acids is 1. The molecule has 2 rings (SSSR count). The first-order valence-electron chi connectivity index (χ1n) is 7.71. The molecule has 2 amide bonds. The average Bonchev–Trinajstić information content (AvgIpc) is 2.53. The van der Waals surface area contributed by atoms with Crippen LogP contribution in [-0.4, -0.2) is 23.8 Å². The van der Waals surface area contributed by atoms with Crippen molar-refractivity contribution in [2.75, 3.05) is 6.61 Å². The Morgan fingerprint density at radius 1 is 1.17 bits per heavy atom. The van der Waals surface area contributed by atoms with Gasteiger partial charge in [0.25, 0.3) is 0 Å². The lowest BCUT2D eigenvalue weighted by Gasteiger charge is -2.30. The quantitative estimate of drug-likeness (QED) is 0.794. The lowest BCUT2D eigenvalue weighted by molar-refractivity contribution is -0.137. The zero-order valence-electron chi connectivity index (χ0n) is 12.7. The third-order valence-electron chi connectivity index (χ3n) is 4.19. The number of hydrogen-bond acceptors (Lipinski definition) is 2. The molecule has 0 spiro atoms. The summed E-state index contributed by atoms with van der Waals surface area (Å²) in [5.74, 6) is 0.0700. The van der Waals surface area contributed by atoms with Crippen molar-refractivity contribution in [3.05, 3.63) is 35.4 Å². The van der Waals surface area contributed by atoms with Gasteiger partial charge in [-0.15, -0.1) is 0 Å². The maximum atomic E-state index is 12.5. The second-order valence-corrected chi connectivity index (χ2v) is 5.86. The van der Waals surface area contributed by atoms with E-state index in [4.69, 9.17) is 0 Å². The highest BCUT2D eigenvalue weighted by Gasteiger charge is 2.30.